The lowest BCUT2D eigenvalue weighted by molar-refractivity contribution is 0.660. The van der Waals surface area contributed by atoms with E-state index in [1.807, 2.05) is 0 Å². The Bertz CT molecular complexity index is 2690. The maximum absolute atomic E-state index is 3.69. The fraction of sp³-hybridized carbons (Fsp3) is 0.102. The molecule has 0 saturated carbocycles. The van der Waals surface area contributed by atoms with E-state index in [1.165, 1.54) is 83.1 Å². The van der Waals surface area contributed by atoms with Gasteiger partial charge < -0.3 is 9.88 Å². The molecule has 10 rings (SSSR count). The van der Waals surface area contributed by atoms with E-state index in [4.69, 9.17) is 0 Å². The SMILES string of the molecule is CC1(C)c2ccccc2-c2ccc(-n3c4ccccc4c4c(-c5cccc(Nc6ccc(C7=CCCc8ccccc87)cc6)c5)cccc43)cc21. The molecule has 244 valence electrons. The van der Waals surface area contributed by atoms with Gasteiger partial charge in [0, 0.05) is 33.2 Å². The summed E-state index contributed by atoms with van der Waals surface area (Å²) in [6.07, 6.45) is 4.59. The normalized spacial score (nSPS) is 14.2. The molecular weight excluding hydrogens is 617 g/mol. The van der Waals surface area contributed by atoms with Gasteiger partial charge in [-0.05, 0) is 117 Å². The highest BCUT2D eigenvalue weighted by molar-refractivity contribution is 6.16. The molecular formula is C49H38N2. The Kier molecular flexibility index (Phi) is 6.69. The Balaban J connectivity index is 1.02. The van der Waals surface area contributed by atoms with Crippen LogP contribution in [-0.2, 0) is 11.8 Å². The standard InChI is InChI=1S/C49H38N2/c1-49(2)44-21-7-5-17-41(44)42-29-28-37(31-45(42)49)51-46-22-8-6-18-43(46)48-40(20-11-23-47(48)51)34-14-9-15-36(30-34)50-35-26-24-33(25-27-35)39-19-10-13-32-12-3-4-16-38(32)39/h3-9,11-12,14-31,50H,10,13H2,1-2H3. The van der Waals surface area contributed by atoms with E-state index in [9.17, 15) is 0 Å². The smallest absolute Gasteiger partial charge is 0.0547 e. The van der Waals surface area contributed by atoms with Crippen molar-refractivity contribution in [2.75, 3.05) is 5.32 Å². The molecule has 2 aliphatic rings. The molecule has 7 aromatic carbocycles. The zero-order valence-corrected chi connectivity index (χ0v) is 28.9. The minimum Gasteiger partial charge on any atom is -0.356 e. The van der Waals surface area contributed by atoms with Gasteiger partial charge in [-0.2, -0.15) is 0 Å². The highest BCUT2D eigenvalue weighted by Crippen LogP contribution is 2.49. The highest BCUT2D eigenvalue weighted by atomic mass is 15.0. The number of nitrogens with zero attached hydrogens (tertiary/aromatic N) is 1. The second-order valence-electron chi connectivity index (χ2n) is 14.5. The molecule has 0 amide bonds. The molecule has 0 aliphatic heterocycles. The number of benzene rings is 7. The lowest BCUT2D eigenvalue weighted by atomic mass is 9.82. The zero-order chi connectivity index (χ0) is 34.1. The summed E-state index contributed by atoms with van der Waals surface area (Å²) < 4.78 is 2.46. The Labute approximate surface area is 299 Å². The van der Waals surface area contributed by atoms with Crippen molar-refractivity contribution in [3.8, 4) is 27.9 Å². The van der Waals surface area contributed by atoms with Crippen LogP contribution in [0.4, 0.5) is 11.4 Å². The third kappa shape index (κ3) is 4.71. The molecule has 1 heterocycles. The van der Waals surface area contributed by atoms with Crippen LogP contribution in [-0.4, -0.2) is 4.57 Å². The van der Waals surface area contributed by atoms with E-state index in [2.05, 4.69) is 188 Å². The zero-order valence-electron chi connectivity index (χ0n) is 28.9. The number of hydrogen-bond donors (Lipinski definition) is 1. The van der Waals surface area contributed by atoms with Crippen LogP contribution in [0, 0.1) is 0 Å². The molecule has 1 aromatic heterocycles. The van der Waals surface area contributed by atoms with E-state index >= 15 is 0 Å². The fourth-order valence-corrected chi connectivity index (χ4v) is 8.79. The van der Waals surface area contributed by atoms with Crippen LogP contribution in [0.25, 0.3) is 55.3 Å². The van der Waals surface area contributed by atoms with Gasteiger partial charge >= 0.3 is 0 Å². The molecule has 2 aliphatic carbocycles. The van der Waals surface area contributed by atoms with Crippen molar-refractivity contribution >= 4 is 38.8 Å². The van der Waals surface area contributed by atoms with E-state index in [-0.39, 0.29) is 5.41 Å². The molecule has 0 spiro atoms. The first-order valence-corrected chi connectivity index (χ1v) is 18.1. The average Bonchev–Trinajstić information content (AvgIpc) is 3.63. The second kappa shape index (κ2) is 11.5. The lowest BCUT2D eigenvalue weighted by Crippen LogP contribution is -2.15. The quantitative estimate of drug-likeness (QED) is 0.195. The number of anilines is 2. The van der Waals surface area contributed by atoms with Gasteiger partial charge in [-0.25, -0.2) is 0 Å². The number of rotatable bonds is 5. The molecule has 0 bridgehead atoms. The molecule has 0 fully saturated rings. The molecule has 1 N–H and O–H groups in total. The summed E-state index contributed by atoms with van der Waals surface area (Å²) in [4.78, 5) is 0. The molecule has 0 radical (unpaired) electrons. The molecule has 2 heteroatoms. The Morgan fingerprint density at radius 3 is 2.16 bits per heavy atom. The molecule has 51 heavy (non-hydrogen) atoms. The van der Waals surface area contributed by atoms with Gasteiger partial charge in [-0.1, -0.05) is 129 Å². The summed E-state index contributed by atoms with van der Waals surface area (Å²) in [5, 5.41) is 6.23. The number of para-hydroxylation sites is 1. The van der Waals surface area contributed by atoms with E-state index in [0.29, 0.717) is 0 Å². The van der Waals surface area contributed by atoms with Crippen molar-refractivity contribution in [2.24, 2.45) is 0 Å². The molecule has 0 unspecified atom stereocenters. The van der Waals surface area contributed by atoms with Crippen LogP contribution >= 0.6 is 0 Å². The van der Waals surface area contributed by atoms with Crippen molar-refractivity contribution < 1.29 is 0 Å². The van der Waals surface area contributed by atoms with Crippen LogP contribution < -0.4 is 5.32 Å². The van der Waals surface area contributed by atoms with Gasteiger partial charge in [0.25, 0.3) is 0 Å². The highest BCUT2D eigenvalue weighted by Gasteiger charge is 2.35. The summed E-state index contributed by atoms with van der Waals surface area (Å²) in [7, 11) is 0. The predicted octanol–water partition coefficient (Wildman–Crippen LogP) is 12.9. The summed E-state index contributed by atoms with van der Waals surface area (Å²) in [5.41, 5.74) is 19.0. The van der Waals surface area contributed by atoms with Gasteiger partial charge in [0.05, 0.1) is 11.0 Å². The second-order valence-corrected chi connectivity index (χ2v) is 14.5. The molecule has 8 aromatic rings. The largest absolute Gasteiger partial charge is 0.356 e. The van der Waals surface area contributed by atoms with Crippen molar-refractivity contribution in [2.45, 2.75) is 32.1 Å². The number of nitrogens with one attached hydrogen (secondary N) is 1. The first kappa shape index (κ1) is 29.8. The van der Waals surface area contributed by atoms with Crippen LogP contribution in [0.1, 0.15) is 48.1 Å². The first-order valence-electron chi connectivity index (χ1n) is 18.1. The number of aryl methyl sites for hydroxylation is 1. The van der Waals surface area contributed by atoms with Crippen molar-refractivity contribution in [1.29, 1.82) is 0 Å². The summed E-state index contributed by atoms with van der Waals surface area (Å²) in [6.45, 7) is 4.71. The number of aromatic nitrogens is 1. The third-order valence-corrected chi connectivity index (χ3v) is 11.3. The van der Waals surface area contributed by atoms with Crippen LogP contribution in [0.2, 0.25) is 0 Å². The monoisotopic (exact) mass is 654 g/mol. The Hall–Kier alpha value is -6.12. The first-order chi connectivity index (χ1) is 25.0. The number of fused-ring (bicyclic) bond motifs is 7. The van der Waals surface area contributed by atoms with Crippen molar-refractivity contribution in [1.82, 2.24) is 4.57 Å². The number of allylic oxidation sites excluding steroid dienone is 1. The summed E-state index contributed by atoms with van der Waals surface area (Å²) in [6, 6.07) is 58.0. The van der Waals surface area contributed by atoms with E-state index < -0.39 is 0 Å². The molecule has 0 saturated heterocycles. The lowest BCUT2D eigenvalue weighted by Gasteiger charge is -2.22. The Morgan fingerprint density at radius 1 is 0.529 bits per heavy atom. The van der Waals surface area contributed by atoms with Crippen molar-refractivity contribution in [3.63, 3.8) is 0 Å². The summed E-state index contributed by atoms with van der Waals surface area (Å²) >= 11 is 0. The van der Waals surface area contributed by atoms with Crippen molar-refractivity contribution in [3.05, 3.63) is 192 Å². The van der Waals surface area contributed by atoms with E-state index in [0.717, 1.165) is 24.2 Å². The van der Waals surface area contributed by atoms with Gasteiger partial charge in [-0.3, -0.25) is 0 Å². The van der Waals surface area contributed by atoms with Gasteiger partial charge in [0.15, 0.2) is 0 Å². The topological polar surface area (TPSA) is 17.0 Å². The third-order valence-electron chi connectivity index (χ3n) is 11.3. The minimum absolute atomic E-state index is 0.0573. The Morgan fingerprint density at radius 2 is 1.25 bits per heavy atom. The average molecular weight is 655 g/mol. The maximum atomic E-state index is 3.69. The van der Waals surface area contributed by atoms with Crippen LogP contribution in [0.3, 0.4) is 0 Å². The molecule has 0 atom stereocenters. The van der Waals surface area contributed by atoms with Crippen LogP contribution in [0.5, 0.6) is 0 Å². The predicted molar refractivity (Wildman–Crippen MR) is 215 cm³/mol. The van der Waals surface area contributed by atoms with Crippen LogP contribution in [0.15, 0.2) is 164 Å². The fourth-order valence-electron chi connectivity index (χ4n) is 8.79. The van der Waals surface area contributed by atoms with Gasteiger partial charge in [0.2, 0.25) is 0 Å². The molecule has 2 nitrogen and oxygen atoms in total. The van der Waals surface area contributed by atoms with Gasteiger partial charge in [0.1, 0.15) is 0 Å². The van der Waals surface area contributed by atoms with E-state index in [1.54, 1.807) is 0 Å². The van der Waals surface area contributed by atoms with Gasteiger partial charge in [-0.15, -0.1) is 0 Å². The number of hydrogen-bond acceptors (Lipinski definition) is 1. The maximum Gasteiger partial charge on any atom is 0.0547 e. The minimum atomic E-state index is -0.0573. The summed E-state index contributed by atoms with van der Waals surface area (Å²) in [5.74, 6) is 0.